The molecule has 89 heavy (non-hydrogen) atoms. The Morgan fingerprint density at radius 3 is 1.71 bits per heavy atom. The van der Waals surface area contributed by atoms with Crippen LogP contribution >= 0.6 is 0 Å². The number of hydroxylamine groups is 2. The molecule has 0 spiro atoms. The van der Waals surface area contributed by atoms with E-state index in [4.69, 9.17) is 14.3 Å². The summed E-state index contributed by atoms with van der Waals surface area (Å²) in [5.74, 6) is -0.629. The first-order valence-corrected chi connectivity index (χ1v) is 32.8. The van der Waals surface area contributed by atoms with Crippen LogP contribution in [-0.2, 0) is 61.9 Å². The third-order valence-electron chi connectivity index (χ3n) is 15.0. The van der Waals surface area contributed by atoms with Gasteiger partial charge in [0.1, 0.15) is 5.56 Å². The number of amides is 4. The molecule has 0 aliphatic rings. The zero-order valence-electron chi connectivity index (χ0n) is 52.3. The first-order valence-electron chi connectivity index (χ1n) is 29.8. The highest BCUT2D eigenvalue weighted by molar-refractivity contribution is 7.93. The van der Waals surface area contributed by atoms with Crippen molar-refractivity contribution in [1.82, 2.24) is 30.6 Å². The molecule has 1 heterocycles. The smallest absolute Gasteiger partial charge is 0.290 e. The fourth-order valence-corrected chi connectivity index (χ4v) is 12.7. The molecule has 5 aromatic carbocycles. The van der Waals surface area contributed by atoms with E-state index in [1.54, 1.807) is 109 Å². The van der Waals surface area contributed by atoms with Crippen LogP contribution in [0.2, 0.25) is 0 Å². The van der Waals surface area contributed by atoms with E-state index >= 15 is 0 Å². The van der Waals surface area contributed by atoms with Gasteiger partial charge < -0.3 is 29.5 Å². The van der Waals surface area contributed by atoms with Crippen molar-refractivity contribution in [2.75, 3.05) is 117 Å². The highest BCUT2D eigenvalue weighted by Gasteiger charge is 2.25. The lowest BCUT2D eigenvalue weighted by atomic mass is 9.95. The van der Waals surface area contributed by atoms with Crippen molar-refractivity contribution in [1.29, 1.82) is 0 Å². The molecular formula is C64H87N12O11S2+. The predicted octanol–water partition coefficient (Wildman–Crippen LogP) is 7.24. The lowest BCUT2D eigenvalue weighted by Crippen LogP contribution is -2.42. The van der Waals surface area contributed by atoms with Gasteiger partial charge in [0.25, 0.3) is 31.9 Å². The number of aromatic nitrogens is 1. The van der Waals surface area contributed by atoms with Gasteiger partial charge in [0, 0.05) is 55.9 Å². The molecule has 6 aromatic rings. The van der Waals surface area contributed by atoms with Crippen molar-refractivity contribution in [3.8, 4) is 11.1 Å². The van der Waals surface area contributed by atoms with Gasteiger partial charge in [0.05, 0.1) is 54.2 Å². The Hall–Kier alpha value is -8.01. The quantitative estimate of drug-likeness (QED) is 0.00865. The average Bonchev–Trinajstić information content (AvgIpc) is 1.82. The van der Waals surface area contributed by atoms with Gasteiger partial charge in [-0.1, -0.05) is 58.0 Å². The van der Waals surface area contributed by atoms with Gasteiger partial charge >= 0.3 is 0 Å². The van der Waals surface area contributed by atoms with E-state index in [9.17, 15) is 36.0 Å². The monoisotopic (exact) mass is 1260 g/mol. The molecular weight excluding hydrogens is 1180 g/mol. The Morgan fingerprint density at radius 1 is 0.573 bits per heavy atom. The summed E-state index contributed by atoms with van der Waals surface area (Å²) in [5, 5.41) is 4.82. The van der Waals surface area contributed by atoms with Crippen LogP contribution in [0, 0.1) is 27.7 Å². The van der Waals surface area contributed by atoms with E-state index in [0.717, 1.165) is 67.9 Å². The summed E-state index contributed by atoms with van der Waals surface area (Å²) in [6.45, 7) is 24.1. The maximum atomic E-state index is 14.3. The molecule has 4 amide bonds. The number of benzene rings is 5. The van der Waals surface area contributed by atoms with Crippen LogP contribution in [0.1, 0.15) is 72.3 Å². The number of pyridine rings is 1. The number of nitrogens with one attached hydrogen (secondary N) is 7. The van der Waals surface area contributed by atoms with Gasteiger partial charge in [-0.25, -0.2) is 16.8 Å². The number of nitrogens with zero attached hydrogens (tertiary/aromatic N) is 5. The van der Waals surface area contributed by atoms with E-state index in [2.05, 4.69) is 74.0 Å². The Morgan fingerprint density at radius 2 is 1.12 bits per heavy atom. The van der Waals surface area contributed by atoms with Crippen LogP contribution in [0.25, 0.3) is 11.1 Å². The lowest BCUT2D eigenvalue weighted by Gasteiger charge is -2.26. The molecule has 0 radical (unpaired) electrons. The maximum Gasteiger partial charge on any atom is 0.290 e. The van der Waals surface area contributed by atoms with E-state index in [-0.39, 0.29) is 35.5 Å². The van der Waals surface area contributed by atoms with Gasteiger partial charge in [0.15, 0.2) is 12.4 Å². The van der Waals surface area contributed by atoms with Gasteiger partial charge in [-0.3, -0.25) is 55.2 Å². The fraction of sp³-hybridized carbons (Fsp3) is 0.391. The number of carbonyl (C=O) groups is 4. The van der Waals surface area contributed by atoms with Gasteiger partial charge in [-0.2, -0.15) is 9.63 Å². The SMILES string of the molecule is CCN(CC)CCCN(CCOCCOCCN(CCN(CC)CC)OCc1cccc(-c2c(C)ccc(S(=O)(=O)Nc3ccc(NNC=O)cc3)c2C)c1)C(=O)c1ccc[n+](CC(=O)Nc2c(C)ccc(S(=O)(=O)Nc3ccc(NNC=O)cc3)c2C)c1. The van der Waals surface area contributed by atoms with Gasteiger partial charge in [0.2, 0.25) is 19.4 Å². The van der Waals surface area contributed by atoms with Gasteiger partial charge in [-0.15, -0.1) is 0 Å². The van der Waals surface area contributed by atoms with Gasteiger partial charge in [-0.05, 0) is 179 Å². The molecule has 0 atom stereocenters. The largest absolute Gasteiger partial charge is 0.378 e. The maximum absolute atomic E-state index is 14.3. The Kier molecular flexibility index (Phi) is 27.8. The van der Waals surface area contributed by atoms with Crippen molar-refractivity contribution in [3.63, 3.8) is 0 Å². The van der Waals surface area contributed by atoms with Crippen molar-refractivity contribution in [3.05, 3.63) is 155 Å². The number of aryl methyl sites for hydroxylation is 2. The summed E-state index contributed by atoms with van der Waals surface area (Å²) in [6.07, 6.45) is 5.06. The molecule has 0 fully saturated rings. The predicted molar refractivity (Wildman–Crippen MR) is 347 cm³/mol. The summed E-state index contributed by atoms with van der Waals surface area (Å²) in [5.41, 5.74) is 17.7. The summed E-state index contributed by atoms with van der Waals surface area (Å²) >= 11 is 0. The van der Waals surface area contributed by atoms with Crippen LogP contribution < -0.4 is 41.0 Å². The Balaban J connectivity index is 1.02. The number of hydrazine groups is 2. The number of rotatable bonds is 40. The van der Waals surface area contributed by atoms with Crippen LogP contribution in [0.3, 0.4) is 0 Å². The topological polar surface area (TPSA) is 265 Å². The summed E-state index contributed by atoms with van der Waals surface area (Å²) < 4.78 is 73.7. The van der Waals surface area contributed by atoms with Crippen molar-refractivity contribution in [2.45, 2.75) is 84.8 Å². The molecule has 0 saturated carbocycles. The first kappa shape index (κ1) is 70.1. The second kappa shape index (κ2) is 35.2. The van der Waals surface area contributed by atoms with E-state index in [1.165, 1.54) is 6.07 Å². The number of ether oxygens (including phenoxy) is 2. The summed E-state index contributed by atoms with van der Waals surface area (Å²) in [6, 6.07) is 30.7. The zero-order chi connectivity index (χ0) is 64.3. The van der Waals surface area contributed by atoms with Crippen LogP contribution in [0.5, 0.6) is 0 Å². The Labute approximate surface area is 524 Å². The average molecular weight is 1260 g/mol. The molecule has 1 aromatic heterocycles. The molecule has 480 valence electrons. The number of hydrogen-bond donors (Lipinski definition) is 7. The van der Waals surface area contributed by atoms with Crippen molar-refractivity contribution in [2.24, 2.45) is 0 Å². The number of hydrogen-bond acceptors (Lipinski definition) is 16. The van der Waals surface area contributed by atoms with Crippen LogP contribution in [0.4, 0.5) is 28.4 Å². The number of carbonyl (C=O) groups excluding carboxylic acids is 4. The second-order valence-corrected chi connectivity index (χ2v) is 24.3. The standard InChI is InChI=1S/C64H86N12O11S2/c1-9-72(10-2)32-15-33-75(64(80)54-18-14-31-74(43-54)44-61(79)67-63-49(6)20-30-60(51(63)8)89(83,84)71-58-27-23-56(24-28-58)69-66-47-78)36-38-85-40-41-86-39-37-76(35-34-73(11-3)12-4)87-45-52-16-13-17-53(42-52)62-48(5)19-29-59(50(62)7)88(81,82)70-57-25-21-55(22-26-57)68-65-46-77/h13-14,16-31,42-43,46-47,68-71H,9-12,15,32-41,44-45H2,1-8H3,(H2-,65,66,67,77,78,79)/p+1. The van der Waals surface area contributed by atoms with Crippen molar-refractivity contribution < 1.29 is 54.9 Å². The lowest BCUT2D eigenvalue weighted by molar-refractivity contribution is -0.684. The molecule has 0 saturated heterocycles. The van der Waals surface area contributed by atoms with E-state index in [1.807, 2.05) is 49.2 Å². The molecule has 0 bridgehead atoms. The zero-order valence-corrected chi connectivity index (χ0v) is 53.9. The van der Waals surface area contributed by atoms with Crippen LogP contribution in [0.15, 0.2) is 131 Å². The first-order chi connectivity index (χ1) is 42.8. The summed E-state index contributed by atoms with van der Waals surface area (Å²) in [7, 11) is -8.05. The van der Waals surface area contributed by atoms with E-state index in [0.29, 0.717) is 110 Å². The minimum absolute atomic E-state index is 0.0153. The fourth-order valence-electron chi connectivity index (χ4n) is 10.1. The Bertz CT molecular complexity index is 3500. The second-order valence-electron chi connectivity index (χ2n) is 21.0. The van der Waals surface area contributed by atoms with Crippen LogP contribution in [-0.4, -0.2) is 153 Å². The normalized spacial score (nSPS) is 11.6. The van der Waals surface area contributed by atoms with Crippen molar-refractivity contribution >= 4 is 73.1 Å². The molecule has 6 rings (SSSR count). The van der Waals surface area contributed by atoms with E-state index < -0.39 is 26.0 Å². The summed E-state index contributed by atoms with van der Waals surface area (Å²) in [4.78, 5) is 62.2. The number of likely N-dealkylation sites (N-methyl/N-ethyl adjacent to an activating group) is 1. The highest BCUT2D eigenvalue weighted by atomic mass is 32.2. The molecule has 25 heteroatoms. The minimum atomic E-state index is -4.08. The third kappa shape index (κ3) is 21.3. The number of sulfonamides is 2. The molecule has 7 N–H and O–H groups in total. The minimum Gasteiger partial charge on any atom is -0.378 e. The molecule has 23 nitrogen and oxygen atoms in total. The highest BCUT2D eigenvalue weighted by Crippen LogP contribution is 2.34. The molecule has 0 aliphatic heterocycles. The molecule has 0 aliphatic carbocycles. The molecule has 0 unspecified atom stereocenters. The third-order valence-corrected chi connectivity index (χ3v) is 18.0. The number of anilines is 5.